The van der Waals surface area contributed by atoms with Gasteiger partial charge >= 0.3 is 0 Å². The maximum Gasteiger partial charge on any atom is 0.241 e. The van der Waals surface area contributed by atoms with E-state index >= 15 is 0 Å². The number of anilines is 1. The lowest BCUT2D eigenvalue weighted by atomic mass is 10.2. The fourth-order valence-electron chi connectivity index (χ4n) is 1.98. The van der Waals surface area contributed by atoms with Crippen LogP contribution in [-0.2, 0) is 11.4 Å². The second-order valence-electron chi connectivity index (χ2n) is 4.38. The number of rotatable bonds is 2. The Kier molecular flexibility index (Phi) is 3.28. The highest BCUT2D eigenvalue weighted by Crippen LogP contribution is 2.19. The zero-order chi connectivity index (χ0) is 12.4. The maximum absolute atomic E-state index is 11.6. The molecule has 17 heavy (non-hydrogen) atoms. The number of amides is 1. The normalized spacial score (nSPS) is 16.5. The minimum atomic E-state index is -0.00418. The van der Waals surface area contributed by atoms with E-state index in [1.165, 1.54) is 0 Å². The summed E-state index contributed by atoms with van der Waals surface area (Å²) in [6.07, 6.45) is 1.66. The lowest BCUT2D eigenvalue weighted by molar-refractivity contribution is -0.129. The van der Waals surface area contributed by atoms with Gasteiger partial charge in [-0.15, -0.1) is 0 Å². The smallest absolute Gasteiger partial charge is 0.241 e. The first-order chi connectivity index (χ1) is 8.11. The van der Waals surface area contributed by atoms with Gasteiger partial charge < -0.3 is 14.9 Å². The molecule has 1 aromatic heterocycles. The molecule has 0 spiro atoms. The van der Waals surface area contributed by atoms with Crippen LogP contribution in [0.3, 0.4) is 0 Å². The van der Waals surface area contributed by atoms with Gasteiger partial charge in [0.15, 0.2) is 0 Å². The predicted molar refractivity (Wildman–Crippen MR) is 64.7 cm³/mol. The molecule has 1 N–H and O–H groups in total. The first kappa shape index (κ1) is 11.9. The molecule has 0 radical (unpaired) electrons. The zero-order valence-electron chi connectivity index (χ0n) is 10.2. The van der Waals surface area contributed by atoms with Crippen LogP contribution in [0.4, 0.5) is 5.82 Å². The van der Waals surface area contributed by atoms with Gasteiger partial charge in [-0.25, -0.2) is 4.98 Å². The number of nitrogens with zero attached hydrogens (tertiary/aromatic N) is 3. The van der Waals surface area contributed by atoms with E-state index in [0.717, 1.165) is 30.0 Å². The summed E-state index contributed by atoms with van der Waals surface area (Å²) in [5, 5.41) is 9.03. The van der Waals surface area contributed by atoms with Crippen molar-refractivity contribution in [3.63, 3.8) is 0 Å². The van der Waals surface area contributed by atoms with Gasteiger partial charge in [-0.2, -0.15) is 0 Å². The molecule has 1 aliphatic heterocycles. The van der Waals surface area contributed by atoms with E-state index in [2.05, 4.69) is 4.98 Å². The van der Waals surface area contributed by atoms with Crippen molar-refractivity contribution < 1.29 is 9.90 Å². The van der Waals surface area contributed by atoms with Crippen molar-refractivity contribution in [2.75, 3.05) is 31.6 Å². The number of likely N-dealkylation sites (N-methyl/N-ethyl adjacent to an activating group) is 1. The first-order valence-electron chi connectivity index (χ1n) is 5.67. The average molecular weight is 235 g/mol. The second kappa shape index (κ2) is 4.71. The van der Waals surface area contributed by atoms with Crippen LogP contribution in [0.2, 0.25) is 0 Å². The van der Waals surface area contributed by atoms with Crippen LogP contribution < -0.4 is 4.90 Å². The van der Waals surface area contributed by atoms with Crippen molar-refractivity contribution >= 4 is 11.7 Å². The molecule has 0 aliphatic carbocycles. The van der Waals surface area contributed by atoms with Crippen molar-refractivity contribution in [2.45, 2.75) is 13.5 Å². The third-order valence-corrected chi connectivity index (χ3v) is 3.05. The van der Waals surface area contributed by atoms with Gasteiger partial charge in [-0.1, -0.05) is 0 Å². The lowest BCUT2D eigenvalue weighted by Crippen LogP contribution is -2.49. The highest BCUT2D eigenvalue weighted by Gasteiger charge is 2.22. The molecule has 1 aromatic rings. The fourth-order valence-corrected chi connectivity index (χ4v) is 1.98. The van der Waals surface area contributed by atoms with Crippen LogP contribution >= 0.6 is 0 Å². The van der Waals surface area contributed by atoms with Crippen LogP contribution in [0.15, 0.2) is 12.3 Å². The Balaban J connectivity index is 2.20. The molecule has 5 nitrogen and oxygen atoms in total. The average Bonchev–Trinajstić information content (AvgIpc) is 2.32. The predicted octanol–water partition coefficient (Wildman–Crippen LogP) is 0.161. The molecule has 0 aromatic carbocycles. The summed E-state index contributed by atoms with van der Waals surface area (Å²) in [6.45, 7) is 3.85. The third-order valence-electron chi connectivity index (χ3n) is 3.05. The quantitative estimate of drug-likeness (QED) is 0.793. The summed E-state index contributed by atoms with van der Waals surface area (Å²) in [5.41, 5.74) is 1.79. The third kappa shape index (κ3) is 2.39. The van der Waals surface area contributed by atoms with E-state index in [-0.39, 0.29) is 12.5 Å². The molecule has 1 aliphatic rings. The van der Waals surface area contributed by atoms with Crippen molar-refractivity contribution in [2.24, 2.45) is 0 Å². The molecule has 0 atom stereocenters. The Bertz CT molecular complexity index is 434. The summed E-state index contributed by atoms with van der Waals surface area (Å²) in [6, 6.07) is 1.91. The second-order valence-corrected chi connectivity index (χ2v) is 4.38. The SMILES string of the molecule is Cc1cc(CO)cnc1N1CCN(C)C(=O)C1. The van der Waals surface area contributed by atoms with E-state index in [1.807, 2.05) is 24.9 Å². The van der Waals surface area contributed by atoms with Crippen LogP contribution in [0, 0.1) is 6.92 Å². The van der Waals surface area contributed by atoms with E-state index in [9.17, 15) is 4.79 Å². The molecule has 1 fully saturated rings. The molecular weight excluding hydrogens is 218 g/mol. The maximum atomic E-state index is 11.6. The van der Waals surface area contributed by atoms with E-state index in [1.54, 1.807) is 11.1 Å². The number of piperazine rings is 1. The minimum absolute atomic E-state index is 0.00418. The first-order valence-corrected chi connectivity index (χ1v) is 5.67. The standard InChI is InChI=1S/C12H17N3O2/c1-9-5-10(8-16)6-13-12(9)15-4-3-14(2)11(17)7-15/h5-6,16H,3-4,7-8H2,1-2H3. The number of aryl methyl sites for hydroxylation is 1. The van der Waals surface area contributed by atoms with Gasteiger partial charge in [0.1, 0.15) is 5.82 Å². The van der Waals surface area contributed by atoms with Gasteiger partial charge in [0, 0.05) is 26.3 Å². The molecular formula is C12H17N3O2. The summed E-state index contributed by atoms with van der Waals surface area (Å²) in [4.78, 5) is 19.7. The highest BCUT2D eigenvalue weighted by atomic mass is 16.3. The minimum Gasteiger partial charge on any atom is -0.392 e. The van der Waals surface area contributed by atoms with E-state index in [0.29, 0.717) is 6.54 Å². The highest BCUT2D eigenvalue weighted by molar-refractivity contribution is 5.82. The number of pyridine rings is 1. The van der Waals surface area contributed by atoms with Crippen molar-refractivity contribution in [1.82, 2.24) is 9.88 Å². The van der Waals surface area contributed by atoms with E-state index in [4.69, 9.17) is 5.11 Å². The lowest BCUT2D eigenvalue weighted by Gasteiger charge is -2.33. The van der Waals surface area contributed by atoms with Crippen molar-refractivity contribution in [3.05, 3.63) is 23.4 Å². The number of carbonyl (C=O) groups excluding carboxylic acids is 1. The van der Waals surface area contributed by atoms with Crippen LogP contribution in [0.1, 0.15) is 11.1 Å². The Morgan fingerprint density at radius 2 is 2.24 bits per heavy atom. The molecule has 1 saturated heterocycles. The summed E-state index contributed by atoms with van der Waals surface area (Å²) in [5.74, 6) is 0.951. The molecule has 92 valence electrons. The van der Waals surface area contributed by atoms with Gasteiger partial charge in [0.25, 0.3) is 0 Å². The number of aliphatic hydroxyl groups is 1. The molecule has 0 saturated carbocycles. The van der Waals surface area contributed by atoms with E-state index < -0.39 is 0 Å². The number of hydrogen-bond donors (Lipinski definition) is 1. The van der Waals surface area contributed by atoms with Gasteiger partial charge in [0.05, 0.1) is 13.2 Å². The van der Waals surface area contributed by atoms with Crippen molar-refractivity contribution in [3.8, 4) is 0 Å². The Morgan fingerprint density at radius 3 is 2.82 bits per heavy atom. The van der Waals surface area contributed by atoms with Crippen molar-refractivity contribution in [1.29, 1.82) is 0 Å². The van der Waals surface area contributed by atoms with Crippen LogP contribution in [0.5, 0.6) is 0 Å². The molecule has 1 amide bonds. The number of carbonyl (C=O) groups is 1. The zero-order valence-corrected chi connectivity index (χ0v) is 10.2. The fraction of sp³-hybridized carbons (Fsp3) is 0.500. The summed E-state index contributed by atoms with van der Waals surface area (Å²) < 4.78 is 0. The largest absolute Gasteiger partial charge is 0.392 e. The Labute approximate surface area is 101 Å². The number of aromatic nitrogens is 1. The Morgan fingerprint density at radius 1 is 1.47 bits per heavy atom. The van der Waals surface area contributed by atoms with Crippen LogP contribution in [-0.4, -0.2) is 47.6 Å². The molecule has 0 bridgehead atoms. The number of hydrogen-bond acceptors (Lipinski definition) is 4. The summed E-state index contributed by atoms with van der Waals surface area (Å²) in [7, 11) is 1.81. The van der Waals surface area contributed by atoms with Gasteiger partial charge in [-0.05, 0) is 24.1 Å². The molecule has 0 unspecified atom stereocenters. The monoisotopic (exact) mass is 235 g/mol. The van der Waals surface area contributed by atoms with Gasteiger partial charge in [0.2, 0.25) is 5.91 Å². The number of aliphatic hydroxyl groups excluding tert-OH is 1. The topological polar surface area (TPSA) is 56.7 Å². The molecule has 5 heteroatoms. The summed E-state index contributed by atoms with van der Waals surface area (Å²) >= 11 is 0. The van der Waals surface area contributed by atoms with Gasteiger partial charge in [-0.3, -0.25) is 4.79 Å². The molecule has 2 heterocycles. The van der Waals surface area contributed by atoms with Crippen LogP contribution in [0.25, 0.3) is 0 Å². The molecule has 2 rings (SSSR count). The Hall–Kier alpha value is -1.62.